The number of rotatable bonds is 8. The molecule has 0 spiro atoms. The minimum absolute atomic E-state index is 0.810. The van der Waals surface area contributed by atoms with E-state index >= 15 is 0 Å². The number of allylic oxidation sites excluding steroid dienone is 1. The molecule has 2 aromatic rings. The molecular weight excluding hydrogens is 264 g/mol. The van der Waals surface area contributed by atoms with Crippen molar-refractivity contribution in [3.63, 3.8) is 0 Å². The summed E-state index contributed by atoms with van der Waals surface area (Å²) in [5, 5.41) is 0. The van der Waals surface area contributed by atoms with E-state index in [1.165, 1.54) is 0 Å². The standard InChI is InChI=1S/C17H22N2O2/c1-20-16-9-8-15(17(13-16)21-2)7-5-3-4-6-11-19-12-10-18-14-19/h5,7-10,12-14H,3-4,6,11H2,1-2H3/b7-5+. The highest BCUT2D eigenvalue weighted by Crippen LogP contribution is 2.25. The van der Waals surface area contributed by atoms with Gasteiger partial charge in [0.05, 0.1) is 20.5 Å². The number of hydrogen-bond donors (Lipinski definition) is 0. The molecule has 0 unspecified atom stereocenters. The Morgan fingerprint density at radius 1 is 1.19 bits per heavy atom. The van der Waals surface area contributed by atoms with E-state index in [0.29, 0.717) is 0 Å². The van der Waals surface area contributed by atoms with Gasteiger partial charge in [0, 0.05) is 30.6 Å². The van der Waals surface area contributed by atoms with Crippen LogP contribution in [0, 0.1) is 0 Å². The van der Waals surface area contributed by atoms with E-state index in [1.54, 1.807) is 14.2 Å². The van der Waals surface area contributed by atoms with E-state index in [-0.39, 0.29) is 0 Å². The first kappa shape index (κ1) is 15.2. The molecule has 0 N–H and O–H groups in total. The Balaban J connectivity index is 1.78. The highest BCUT2D eigenvalue weighted by Gasteiger charge is 2.01. The average molecular weight is 286 g/mol. The summed E-state index contributed by atoms with van der Waals surface area (Å²) in [5.41, 5.74) is 1.08. The number of methoxy groups -OCH3 is 2. The Morgan fingerprint density at radius 3 is 2.81 bits per heavy atom. The van der Waals surface area contributed by atoms with Crippen LogP contribution in [0.4, 0.5) is 0 Å². The number of imidazole rings is 1. The van der Waals surface area contributed by atoms with Gasteiger partial charge in [-0.2, -0.15) is 0 Å². The molecule has 0 saturated heterocycles. The maximum atomic E-state index is 5.37. The molecule has 4 nitrogen and oxygen atoms in total. The van der Waals surface area contributed by atoms with Crippen molar-refractivity contribution in [1.82, 2.24) is 9.55 Å². The fraction of sp³-hybridized carbons (Fsp3) is 0.353. The first-order valence-corrected chi connectivity index (χ1v) is 7.18. The van der Waals surface area contributed by atoms with Crippen LogP contribution in [0.1, 0.15) is 24.8 Å². The van der Waals surface area contributed by atoms with E-state index in [4.69, 9.17) is 9.47 Å². The zero-order valence-corrected chi connectivity index (χ0v) is 12.7. The van der Waals surface area contributed by atoms with Crippen LogP contribution in [0.25, 0.3) is 6.08 Å². The zero-order chi connectivity index (χ0) is 14.9. The smallest absolute Gasteiger partial charge is 0.129 e. The topological polar surface area (TPSA) is 36.3 Å². The predicted molar refractivity (Wildman–Crippen MR) is 84.7 cm³/mol. The number of aryl methyl sites for hydroxylation is 1. The summed E-state index contributed by atoms with van der Waals surface area (Å²) in [4.78, 5) is 4.03. The lowest BCUT2D eigenvalue weighted by Gasteiger charge is -2.07. The minimum Gasteiger partial charge on any atom is -0.497 e. The van der Waals surface area contributed by atoms with Gasteiger partial charge >= 0.3 is 0 Å². The van der Waals surface area contributed by atoms with Crippen molar-refractivity contribution in [3.05, 3.63) is 48.6 Å². The summed E-state index contributed by atoms with van der Waals surface area (Å²) >= 11 is 0. The maximum Gasteiger partial charge on any atom is 0.129 e. The summed E-state index contributed by atoms with van der Waals surface area (Å²) in [6.07, 6.45) is 13.3. The van der Waals surface area contributed by atoms with Crippen molar-refractivity contribution < 1.29 is 9.47 Å². The third-order valence-corrected chi connectivity index (χ3v) is 3.33. The van der Waals surface area contributed by atoms with Crippen LogP contribution < -0.4 is 9.47 Å². The fourth-order valence-electron chi connectivity index (χ4n) is 2.14. The summed E-state index contributed by atoms with van der Waals surface area (Å²) < 4.78 is 12.7. The van der Waals surface area contributed by atoms with E-state index in [0.717, 1.165) is 42.9 Å². The summed E-state index contributed by atoms with van der Waals surface area (Å²) in [7, 11) is 3.34. The molecule has 0 aliphatic carbocycles. The Hall–Kier alpha value is -2.23. The van der Waals surface area contributed by atoms with Crippen LogP contribution >= 0.6 is 0 Å². The lowest BCUT2D eigenvalue weighted by molar-refractivity contribution is 0.393. The van der Waals surface area contributed by atoms with Crippen LogP contribution in [0.2, 0.25) is 0 Å². The molecule has 1 heterocycles. The average Bonchev–Trinajstić information content (AvgIpc) is 3.04. The minimum atomic E-state index is 0.810. The van der Waals surface area contributed by atoms with Gasteiger partial charge < -0.3 is 14.0 Å². The Morgan fingerprint density at radius 2 is 2.10 bits per heavy atom. The lowest BCUT2D eigenvalue weighted by Crippen LogP contribution is -1.93. The van der Waals surface area contributed by atoms with Crippen LogP contribution in [-0.4, -0.2) is 23.8 Å². The molecule has 1 aromatic heterocycles. The first-order chi connectivity index (χ1) is 10.3. The van der Waals surface area contributed by atoms with Crippen LogP contribution in [0.5, 0.6) is 11.5 Å². The Kier molecular flexibility index (Phi) is 5.88. The Labute approximate surface area is 126 Å². The van der Waals surface area contributed by atoms with E-state index in [9.17, 15) is 0 Å². The largest absolute Gasteiger partial charge is 0.497 e. The molecule has 0 aliphatic heterocycles. The molecular formula is C17H22N2O2. The van der Waals surface area contributed by atoms with Crippen molar-refractivity contribution in [3.8, 4) is 11.5 Å². The lowest BCUT2D eigenvalue weighted by atomic mass is 10.1. The monoisotopic (exact) mass is 286 g/mol. The number of aromatic nitrogens is 2. The zero-order valence-electron chi connectivity index (χ0n) is 12.7. The van der Waals surface area contributed by atoms with E-state index in [1.807, 2.05) is 36.9 Å². The van der Waals surface area contributed by atoms with Gasteiger partial charge in [0.2, 0.25) is 0 Å². The molecule has 1 aromatic carbocycles. The predicted octanol–water partition coefficient (Wildman–Crippen LogP) is 3.78. The second-order valence-corrected chi connectivity index (χ2v) is 4.81. The van der Waals surface area contributed by atoms with Gasteiger partial charge in [-0.05, 0) is 31.4 Å². The third kappa shape index (κ3) is 4.67. The van der Waals surface area contributed by atoms with Crippen molar-refractivity contribution in [1.29, 1.82) is 0 Å². The summed E-state index contributed by atoms with van der Waals surface area (Å²) in [6.45, 7) is 1.03. The van der Waals surface area contributed by atoms with Gasteiger partial charge in [-0.1, -0.05) is 12.2 Å². The SMILES string of the molecule is COc1ccc(/C=C/CCCCn2ccnc2)c(OC)c1. The highest BCUT2D eigenvalue weighted by molar-refractivity contribution is 5.59. The van der Waals surface area contributed by atoms with E-state index in [2.05, 4.69) is 21.7 Å². The number of unbranched alkanes of at least 4 members (excludes halogenated alkanes) is 2. The van der Waals surface area contributed by atoms with Crippen molar-refractivity contribution in [2.75, 3.05) is 14.2 Å². The molecule has 0 amide bonds. The van der Waals surface area contributed by atoms with Gasteiger partial charge in [-0.15, -0.1) is 0 Å². The molecule has 0 atom stereocenters. The molecule has 0 bridgehead atoms. The highest BCUT2D eigenvalue weighted by atomic mass is 16.5. The molecule has 0 aliphatic rings. The summed E-state index contributed by atoms with van der Waals surface area (Å²) in [5.74, 6) is 1.65. The van der Waals surface area contributed by atoms with Gasteiger partial charge in [-0.3, -0.25) is 0 Å². The number of nitrogens with zero attached hydrogens (tertiary/aromatic N) is 2. The van der Waals surface area contributed by atoms with Gasteiger partial charge in [0.25, 0.3) is 0 Å². The second kappa shape index (κ2) is 8.15. The number of benzene rings is 1. The van der Waals surface area contributed by atoms with Crippen LogP contribution in [0.3, 0.4) is 0 Å². The molecule has 0 saturated carbocycles. The molecule has 4 heteroatoms. The molecule has 0 fully saturated rings. The van der Waals surface area contributed by atoms with Gasteiger partial charge in [-0.25, -0.2) is 4.98 Å². The number of ether oxygens (including phenoxy) is 2. The molecule has 21 heavy (non-hydrogen) atoms. The third-order valence-electron chi connectivity index (χ3n) is 3.33. The van der Waals surface area contributed by atoms with E-state index < -0.39 is 0 Å². The maximum absolute atomic E-state index is 5.37. The second-order valence-electron chi connectivity index (χ2n) is 4.81. The quantitative estimate of drug-likeness (QED) is 0.693. The van der Waals surface area contributed by atoms with Crippen molar-refractivity contribution in [2.24, 2.45) is 0 Å². The fourth-order valence-corrected chi connectivity index (χ4v) is 2.14. The molecule has 0 radical (unpaired) electrons. The Bertz CT molecular complexity index is 562. The van der Waals surface area contributed by atoms with Crippen molar-refractivity contribution in [2.45, 2.75) is 25.8 Å². The van der Waals surface area contributed by atoms with Crippen LogP contribution in [0.15, 0.2) is 43.0 Å². The normalized spacial score (nSPS) is 11.0. The van der Waals surface area contributed by atoms with Gasteiger partial charge in [0.1, 0.15) is 11.5 Å². The molecule has 2 rings (SSSR count). The molecule has 112 valence electrons. The number of hydrogen-bond acceptors (Lipinski definition) is 3. The first-order valence-electron chi connectivity index (χ1n) is 7.18. The van der Waals surface area contributed by atoms with Crippen LogP contribution in [-0.2, 0) is 6.54 Å². The van der Waals surface area contributed by atoms with Crippen molar-refractivity contribution >= 4 is 6.08 Å². The van der Waals surface area contributed by atoms with Gasteiger partial charge in [0.15, 0.2) is 0 Å². The summed E-state index contributed by atoms with van der Waals surface area (Å²) in [6, 6.07) is 5.86.